The molecule has 0 bridgehead atoms. The van der Waals surface area contributed by atoms with E-state index in [9.17, 15) is 0 Å². The van der Waals surface area contributed by atoms with Gasteiger partial charge in [0.15, 0.2) is 0 Å². The number of fused-ring (bicyclic) bond motifs is 1. The minimum atomic E-state index is 0.603. The lowest BCUT2D eigenvalue weighted by atomic mass is 10.1. The molecule has 0 radical (unpaired) electrons. The van der Waals surface area contributed by atoms with Crippen molar-refractivity contribution < 1.29 is 0 Å². The predicted octanol–water partition coefficient (Wildman–Crippen LogP) is 4.29. The van der Waals surface area contributed by atoms with Gasteiger partial charge in [-0.25, -0.2) is 9.67 Å². The fourth-order valence-corrected chi connectivity index (χ4v) is 3.78. The quantitative estimate of drug-likeness (QED) is 0.756. The SMILES string of the molecule is CC(C)CN1C=C2N=C(c3cnn(-c4ccccc4)c3)C=C2N(CC(C)C)C1. The highest BCUT2D eigenvalue weighted by Gasteiger charge is 2.28. The summed E-state index contributed by atoms with van der Waals surface area (Å²) in [5.41, 5.74) is 5.39. The van der Waals surface area contributed by atoms with Gasteiger partial charge in [0.05, 0.1) is 30.0 Å². The summed E-state index contributed by atoms with van der Waals surface area (Å²) in [4.78, 5) is 9.80. The van der Waals surface area contributed by atoms with Gasteiger partial charge in [-0.2, -0.15) is 5.10 Å². The zero-order valence-corrected chi connectivity index (χ0v) is 17.2. The topological polar surface area (TPSA) is 36.7 Å². The van der Waals surface area contributed by atoms with Crippen molar-refractivity contribution in [1.82, 2.24) is 19.6 Å². The maximum absolute atomic E-state index is 4.95. The number of allylic oxidation sites excluding steroid dienone is 1. The van der Waals surface area contributed by atoms with Gasteiger partial charge in [-0.15, -0.1) is 0 Å². The van der Waals surface area contributed by atoms with Crippen LogP contribution in [0.1, 0.15) is 33.3 Å². The molecule has 0 N–H and O–H groups in total. The molecule has 0 unspecified atom stereocenters. The molecule has 0 atom stereocenters. The molecule has 28 heavy (non-hydrogen) atoms. The number of rotatable bonds is 6. The van der Waals surface area contributed by atoms with Crippen molar-refractivity contribution in [3.63, 3.8) is 0 Å². The molecular formula is C23H29N5. The lowest BCUT2D eigenvalue weighted by Gasteiger charge is -2.38. The average Bonchev–Trinajstić information content (AvgIpc) is 3.28. The largest absolute Gasteiger partial charge is 0.358 e. The van der Waals surface area contributed by atoms with Crippen molar-refractivity contribution in [2.75, 3.05) is 19.8 Å². The van der Waals surface area contributed by atoms with Gasteiger partial charge < -0.3 is 9.80 Å². The summed E-state index contributed by atoms with van der Waals surface area (Å²) in [7, 11) is 0. The summed E-state index contributed by atoms with van der Waals surface area (Å²) in [5.74, 6) is 1.23. The van der Waals surface area contributed by atoms with E-state index in [0.717, 1.165) is 42.4 Å². The Morgan fingerprint density at radius 1 is 1.00 bits per heavy atom. The number of hydrogen-bond acceptors (Lipinski definition) is 4. The first-order valence-corrected chi connectivity index (χ1v) is 10.1. The summed E-state index contributed by atoms with van der Waals surface area (Å²) in [6.07, 6.45) is 8.39. The zero-order chi connectivity index (χ0) is 19.7. The maximum Gasteiger partial charge on any atom is 0.103 e. The zero-order valence-electron chi connectivity index (χ0n) is 17.2. The number of benzene rings is 1. The minimum Gasteiger partial charge on any atom is -0.358 e. The molecule has 1 aromatic heterocycles. The molecule has 5 nitrogen and oxygen atoms in total. The first-order valence-electron chi connectivity index (χ1n) is 10.1. The summed E-state index contributed by atoms with van der Waals surface area (Å²) in [5, 5.41) is 4.53. The van der Waals surface area contributed by atoms with Crippen molar-refractivity contribution in [2.45, 2.75) is 27.7 Å². The van der Waals surface area contributed by atoms with E-state index >= 15 is 0 Å². The molecule has 0 saturated carbocycles. The lowest BCUT2D eigenvalue weighted by molar-refractivity contribution is 0.170. The molecule has 2 aliphatic heterocycles. The minimum absolute atomic E-state index is 0.603. The predicted molar refractivity (Wildman–Crippen MR) is 114 cm³/mol. The Kier molecular flexibility index (Phi) is 5.07. The molecule has 5 heteroatoms. The number of nitrogens with zero attached hydrogens (tertiary/aromatic N) is 5. The van der Waals surface area contributed by atoms with Crippen LogP contribution in [0.3, 0.4) is 0 Å². The Balaban J connectivity index is 1.63. The monoisotopic (exact) mass is 375 g/mol. The van der Waals surface area contributed by atoms with E-state index in [4.69, 9.17) is 4.99 Å². The van der Waals surface area contributed by atoms with Gasteiger partial charge in [0.2, 0.25) is 0 Å². The van der Waals surface area contributed by atoms with Crippen LogP contribution in [0.4, 0.5) is 0 Å². The van der Waals surface area contributed by atoms with Crippen LogP contribution in [-0.2, 0) is 0 Å². The van der Waals surface area contributed by atoms with E-state index in [1.165, 1.54) is 5.70 Å². The van der Waals surface area contributed by atoms with Crippen molar-refractivity contribution in [3.8, 4) is 5.69 Å². The number of aliphatic imine (C=N–C) groups is 1. The summed E-state index contributed by atoms with van der Waals surface area (Å²) in [6, 6.07) is 10.2. The van der Waals surface area contributed by atoms with Gasteiger partial charge in [0, 0.05) is 31.0 Å². The average molecular weight is 376 g/mol. The molecule has 1 aromatic carbocycles. The highest BCUT2D eigenvalue weighted by atomic mass is 15.3. The molecule has 4 rings (SSSR count). The molecule has 0 spiro atoms. The summed E-state index contributed by atoms with van der Waals surface area (Å²) in [6.45, 7) is 12.1. The molecular weight excluding hydrogens is 346 g/mol. The molecule has 2 aromatic rings. The smallest absolute Gasteiger partial charge is 0.103 e. The van der Waals surface area contributed by atoms with Crippen molar-refractivity contribution >= 4 is 5.71 Å². The van der Waals surface area contributed by atoms with Gasteiger partial charge in [-0.3, -0.25) is 0 Å². The Bertz CT molecular complexity index is 917. The van der Waals surface area contributed by atoms with Crippen molar-refractivity contribution in [2.24, 2.45) is 16.8 Å². The molecule has 0 fully saturated rings. The normalized spacial score (nSPS) is 16.4. The van der Waals surface area contributed by atoms with Crippen molar-refractivity contribution in [1.29, 1.82) is 0 Å². The van der Waals surface area contributed by atoms with E-state index in [-0.39, 0.29) is 0 Å². The molecule has 3 heterocycles. The molecule has 0 aliphatic carbocycles. The Morgan fingerprint density at radius 2 is 1.75 bits per heavy atom. The highest BCUT2D eigenvalue weighted by Crippen LogP contribution is 2.30. The van der Waals surface area contributed by atoms with Gasteiger partial charge in [0.25, 0.3) is 0 Å². The van der Waals surface area contributed by atoms with E-state index in [0.29, 0.717) is 11.8 Å². The highest BCUT2D eigenvalue weighted by molar-refractivity contribution is 6.11. The Morgan fingerprint density at radius 3 is 2.46 bits per heavy atom. The van der Waals surface area contributed by atoms with Crippen LogP contribution in [0.2, 0.25) is 0 Å². The van der Waals surface area contributed by atoms with Crippen LogP contribution in [0.5, 0.6) is 0 Å². The molecule has 2 aliphatic rings. The van der Waals surface area contributed by atoms with Crippen LogP contribution in [-0.4, -0.2) is 45.1 Å². The standard InChI is InChI=1S/C23H29N5/c1-17(2)12-26-15-22-23(27(16-26)13-18(3)4)10-21(25-22)19-11-24-28(14-19)20-8-6-5-7-9-20/h5-11,14-15,17-18H,12-13,16H2,1-4H3. The van der Waals surface area contributed by atoms with Gasteiger partial charge >= 0.3 is 0 Å². The number of para-hydroxylation sites is 1. The maximum atomic E-state index is 4.95. The van der Waals surface area contributed by atoms with E-state index in [1.807, 2.05) is 29.1 Å². The van der Waals surface area contributed by atoms with Crippen LogP contribution in [0.25, 0.3) is 5.69 Å². The van der Waals surface area contributed by atoms with E-state index < -0.39 is 0 Å². The second kappa shape index (κ2) is 7.66. The first-order chi connectivity index (χ1) is 13.5. The first kappa shape index (κ1) is 18.5. The summed E-state index contributed by atoms with van der Waals surface area (Å²) < 4.78 is 1.91. The number of hydrogen-bond donors (Lipinski definition) is 0. The van der Waals surface area contributed by atoms with Crippen LogP contribution in [0.15, 0.2) is 71.4 Å². The van der Waals surface area contributed by atoms with E-state index in [1.54, 1.807) is 0 Å². The van der Waals surface area contributed by atoms with Crippen LogP contribution in [0, 0.1) is 11.8 Å². The third-order valence-electron chi connectivity index (χ3n) is 4.86. The van der Waals surface area contributed by atoms with Crippen LogP contribution >= 0.6 is 0 Å². The second-order valence-corrected chi connectivity index (χ2v) is 8.47. The number of aromatic nitrogens is 2. The van der Waals surface area contributed by atoms with Gasteiger partial charge in [0.1, 0.15) is 5.70 Å². The lowest BCUT2D eigenvalue weighted by Crippen LogP contribution is -2.41. The second-order valence-electron chi connectivity index (χ2n) is 8.47. The van der Waals surface area contributed by atoms with Gasteiger partial charge in [-0.05, 0) is 30.0 Å². The molecule has 0 saturated heterocycles. The molecule has 146 valence electrons. The fourth-order valence-electron chi connectivity index (χ4n) is 3.78. The Hall–Kier alpha value is -2.82. The molecule has 0 amide bonds. The Labute approximate surface area is 167 Å². The van der Waals surface area contributed by atoms with E-state index in [2.05, 4.69) is 73.2 Å². The van der Waals surface area contributed by atoms with Crippen molar-refractivity contribution in [3.05, 3.63) is 72.0 Å². The third-order valence-corrected chi connectivity index (χ3v) is 4.86. The fraction of sp³-hybridized carbons (Fsp3) is 0.391. The summed E-state index contributed by atoms with van der Waals surface area (Å²) >= 11 is 0. The van der Waals surface area contributed by atoms with Crippen LogP contribution < -0.4 is 0 Å². The van der Waals surface area contributed by atoms with Gasteiger partial charge in [-0.1, -0.05) is 45.9 Å². The third kappa shape index (κ3) is 3.88.